The van der Waals surface area contributed by atoms with Crippen LogP contribution in [0, 0.1) is 5.41 Å². The highest BCUT2D eigenvalue weighted by molar-refractivity contribution is 5.83. The van der Waals surface area contributed by atoms with Gasteiger partial charge in [0, 0.05) is 5.56 Å². The predicted octanol–water partition coefficient (Wildman–Crippen LogP) is 3.91. The van der Waals surface area contributed by atoms with Crippen LogP contribution in [0.15, 0.2) is 23.4 Å². The second-order valence-electron chi connectivity index (χ2n) is 6.64. The molecule has 1 aromatic carbocycles. The zero-order valence-corrected chi connectivity index (χ0v) is 11.9. The van der Waals surface area contributed by atoms with Gasteiger partial charge in [0.15, 0.2) is 0 Å². The molecule has 0 aliphatic heterocycles. The van der Waals surface area contributed by atoms with E-state index in [9.17, 15) is 5.11 Å². The number of hydrogen-bond acceptors (Lipinski definition) is 3. The van der Waals surface area contributed by atoms with Crippen molar-refractivity contribution in [3.05, 3.63) is 29.3 Å². The van der Waals surface area contributed by atoms with Crippen molar-refractivity contribution in [3.8, 4) is 5.75 Å². The van der Waals surface area contributed by atoms with Crippen LogP contribution in [0.25, 0.3) is 0 Å². The smallest absolute Gasteiger partial charge is 0.124 e. The fraction of sp³-hybridized carbons (Fsp3) is 0.533. The first-order chi connectivity index (χ1) is 8.15. The molecule has 1 rings (SSSR count). The first kappa shape index (κ1) is 14.6. The van der Waals surface area contributed by atoms with Gasteiger partial charge in [0.2, 0.25) is 0 Å². The Kier molecular flexibility index (Phi) is 4.05. The molecule has 18 heavy (non-hydrogen) atoms. The van der Waals surface area contributed by atoms with Crippen LogP contribution in [0.4, 0.5) is 0 Å². The molecule has 0 heterocycles. The first-order valence-corrected chi connectivity index (χ1v) is 6.17. The summed E-state index contributed by atoms with van der Waals surface area (Å²) in [5.74, 6) is 0.128. The quantitative estimate of drug-likeness (QED) is 0.484. The maximum absolute atomic E-state index is 9.66. The van der Waals surface area contributed by atoms with Crippen molar-refractivity contribution in [2.75, 3.05) is 0 Å². The fourth-order valence-electron chi connectivity index (χ4n) is 2.57. The molecule has 0 aliphatic rings. The molecule has 0 aliphatic carbocycles. The second-order valence-corrected chi connectivity index (χ2v) is 6.64. The van der Waals surface area contributed by atoms with Crippen LogP contribution in [0.3, 0.4) is 0 Å². The number of phenols is 1. The van der Waals surface area contributed by atoms with E-state index in [4.69, 9.17) is 5.21 Å². The Bertz CT molecular complexity index is 442. The molecule has 0 aromatic heterocycles. The number of nitrogens with zero attached hydrogens (tertiary/aromatic N) is 1. The predicted molar refractivity (Wildman–Crippen MR) is 74.6 cm³/mol. The third-order valence-corrected chi connectivity index (χ3v) is 2.98. The van der Waals surface area contributed by atoms with Crippen LogP contribution in [0.5, 0.6) is 5.75 Å². The molecule has 3 heteroatoms. The third-order valence-electron chi connectivity index (χ3n) is 2.98. The van der Waals surface area contributed by atoms with E-state index in [0.717, 1.165) is 12.0 Å². The number of aromatic hydroxyl groups is 1. The Morgan fingerprint density at radius 1 is 1.17 bits per heavy atom. The zero-order chi connectivity index (χ0) is 14.0. The Hall–Kier alpha value is -1.51. The molecular weight excluding hydrogens is 226 g/mol. The fourth-order valence-corrected chi connectivity index (χ4v) is 2.57. The normalized spacial score (nSPS) is 13.2. The van der Waals surface area contributed by atoms with Gasteiger partial charge in [-0.15, -0.1) is 0 Å². The highest BCUT2D eigenvalue weighted by atomic mass is 16.4. The summed E-state index contributed by atoms with van der Waals surface area (Å²) in [5, 5.41) is 21.2. The summed E-state index contributed by atoms with van der Waals surface area (Å²) in [5.41, 5.74) is 1.90. The van der Waals surface area contributed by atoms with Gasteiger partial charge in [0.05, 0.1) is 6.21 Å². The molecule has 0 radical (unpaired) electrons. The van der Waals surface area contributed by atoms with Crippen LogP contribution in [-0.2, 0) is 5.41 Å². The molecule has 0 spiro atoms. The van der Waals surface area contributed by atoms with Crippen LogP contribution in [0.2, 0.25) is 0 Å². The standard InChI is InChI=1S/C15H23NO2/c1-14(2,3)10-15(4,5)12-6-7-13(17)11(8-12)9-16-18/h6-9,17-18H,10H2,1-5H3/b16-9+. The highest BCUT2D eigenvalue weighted by Crippen LogP contribution is 2.37. The van der Waals surface area contributed by atoms with E-state index in [1.54, 1.807) is 6.07 Å². The lowest BCUT2D eigenvalue weighted by atomic mass is 9.72. The molecule has 0 saturated carbocycles. The minimum Gasteiger partial charge on any atom is -0.507 e. The molecule has 100 valence electrons. The minimum absolute atomic E-state index is 0.00396. The van der Waals surface area contributed by atoms with Crippen molar-refractivity contribution in [2.45, 2.75) is 46.5 Å². The van der Waals surface area contributed by atoms with Crippen molar-refractivity contribution in [3.63, 3.8) is 0 Å². The summed E-state index contributed by atoms with van der Waals surface area (Å²) in [6, 6.07) is 5.45. The Morgan fingerprint density at radius 3 is 2.28 bits per heavy atom. The van der Waals surface area contributed by atoms with E-state index in [-0.39, 0.29) is 16.6 Å². The molecule has 0 amide bonds. The van der Waals surface area contributed by atoms with Crippen molar-refractivity contribution >= 4 is 6.21 Å². The van der Waals surface area contributed by atoms with Gasteiger partial charge >= 0.3 is 0 Å². The molecule has 0 unspecified atom stereocenters. The summed E-state index contributed by atoms with van der Waals surface area (Å²) in [7, 11) is 0. The van der Waals surface area contributed by atoms with Gasteiger partial charge in [-0.3, -0.25) is 0 Å². The van der Waals surface area contributed by atoms with E-state index in [1.165, 1.54) is 6.21 Å². The van der Waals surface area contributed by atoms with Gasteiger partial charge in [0.1, 0.15) is 5.75 Å². The summed E-state index contributed by atoms with van der Waals surface area (Å²) >= 11 is 0. The number of rotatable bonds is 3. The second kappa shape index (κ2) is 5.01. The highest BCUT2D eigenvalue weighted by Gasteiger charge is 2.27. The van der Waals surface area contributed by atoms with Crippen molar-refractivity contribution < 1.29 is 10.3 Å². The molecule has 0 atom stereocenters. The van der Waals surface area contributed by atoms with Gasteiger partial charge < -0.3 is 10.3 Å². The number of oxime groups is 1. The monoisotopic (exact) mass is 249 g/mol. The lowest BCUT2D eigenvalue weighted by Crippen LogP contribution is -2.24. The molecule has 3 nitrogen and oxygen atoms in total. The van der Waals surface area contributed by atoms with E-state index < -0.39 is 0 Å². The first-order valence-electron chi connectivity index (χ1n) is 6.17. The Balaban J connectivity index is 3.13. The summed E-state index contributed by atoms with van der Waals surface area (Å²) in [6.07, 6.45) is 2.28. The van der Waals surface area contributed by atoms with E-state index >= 15 is 0 Å². The average molecular weight is 249 g/mol. The van der Waals surface area contributed by atoms with Crippen molar-refractivity contribution in [2.24, 2.45) is 10.6 Å². The summed E-state index contributed by atoms with van der Waals surface area (Å²) < 4.78 is 0. The maximum atomic E-state index is 9.66. The van der Waals surface area contributed by atoms with Crippen molar-refractivity contribution in [1.82, 2.24) is 0 Å². The van der Waals surface area contributed by atoms with Gasteiger partial charge in [-0.25, -0.2) is 0 Å². The molecule has 0 saturated heterocycles. The van der Waals surface area contributed by atoms with Crippen molar-refractivity contribution in [1.29, 1.82) is 0 Å². The largest absolute Gasteiger partial charge is 0.507 e. The molecule has 0 bridgehead atoms. The minimum atomic E-state index is 0.00396. The zero-order valence-electron chi connectivity index (χ0n) is 11.9. The number of benzene rings is 1. The topological polar surface area (TPSA) is 52.8 Å². The number of phenolic OH excluding ortho intramolecular Hbond substituents is 1. The van der Waals surface area contributed by atoms with E-state index in [0.29, 0.717) is 5.56 Å². The summed E-state index contributed by atoms with van der Waals surface area (Å²) in [4.78, 5) is 0. The van der Waals surface area contributed by atoms with Gasteiger partial charge in [-0.05, 0) is 34.9 Å². The van der Waals surface area contributed by atoms with Gasteiger partial charge in [-0.1, -0.05) is 45.8 Å². The molecule has 1 aromatic rings. The lowest BCUT2D eigenvalue weighted by molar-refractivity contribution is 0.284. The van der Waals surface area contributed by atoms with Gasteiger partial charge in [0.25, 0.3) is 0 Å². The van der Waals surface area contributed by atoms with E-state index in [2.05, 4.69) is 39.8 Å². The Morgan fingerprint density at radius 2 is 1.78 bits per heavy atom. The van der Waals surface area contributed by atoms with E-state index in [1.807, 2.05) is 12.1 Å². The average Bonchev–Trinajstić information content (AvgIpc) is 2.17. The van der Waals surface area contributed by atoms with Crippen LogP contribution < -0.4 is 0 Å². The summed E-state index contributed by atoms with van der Waals surface area (Å²) in [6.45, 7) is 11.0. The van der Waals surface area contributed by atoms with Gasteiger partial charge in [-0.2, -0.15) is 0 Å². The maximum Gasteiger partial charge on any atom is 0.124 e. The van der Waals surface area contributed by atoms with Crippen LogP contribution in [-0.4, -0.2) is 16.5 Å². The SMILES string of the molecule is CC(C)(C)CC(C)(C)c1ccc(O)c(/C=N/O)c1. The lowest BCUT2D eigenvalue weighted by Gasteiger charge is -2.33. The van der Waals surface area contributed by atoms with Crippen LogP contribution in [0.1, 0.15) is 52.2 Å². The third kappa shape index (κ3) is 3.76. The molecule has 0 fully saturated rings. The number of hydrogen-bond donors (Lipinski definition) is 2. The Labute approximate surface area is 109 Å². The van der Waals surface area contributed by atoms with Crippen LogP contribution >= 0.6 is 0 Å². The molecule has 2 N–H and O–H groups in total. The molecular formula is C15H23NO2.